The lowest BCUT2D eigenvalue weighted by Gasteiger charge is -2.50. The van der Waals surface area contributed by atoms with Crippen LogP contribution in [0.3, 0.4) is 0 Å². The molecule has 2 heterocycles. The van der Waals surface area contributed by atoms with Crippen LogP contribution in [0.25, 0.3) is 0 Å². The summed E-state index contributed by atoms with van der Waals surface area (Å²) in [5, 5.41) is 0. The van der Waals surface area contributed by atoms with Gasteiger partial charge in [0.25, 0.3) is 0 Å². The second-order valence-electron chi connectivity index (χ2n) is 9.21. The van der Waals surface area contributed by atoms with Gasteiger partial charge in [0.1, 0.15) is 17.5 Å². The van der Waals surface area contributed by atoms with Crippen LogP contribution in [0, 0.1) is 31.1 Å². The van der Waals surface area contributed by atoms with Gasteiger partial charge in [-0.15, -0.1) is 5.92 Å². The average molecular weight is 392 g/mol. The maximum absolute atomic E-state index is 13.3. The second kappa shape index (κ2) is 7.44. The molecule has 2 aliphatic heterocycles. The standard InChI is InChI=1S/C25H29NO3/c1-4-6-18-11-16(2)23(17(3)12-18)24-20(27)14-25(15-21(24)28)9-10-26-19(13-25)7-5-8-22(26)29/h11-12,19,24H,5,7-10,13-15H2,1-3H3. The van der Waals surface area contributed by atoms with E-state index in [1.807, 2.05) is 30.9 Å². The van der Waals surface area contributed by atoms with Crippen molar-refractivity contribution < 1.29 is 14.4 Å². The zero-order valence-electron chi connectivity index (χ0n) is 17.6. The van der Waals surface area contributed by atoms with Gasteiger partial charge in [0.2, 0.25) is 5.91 Å². The van der Waals surface area contributed by atoms with E-state index in [4.69, 9.17) is 0 Å². The predicted molar refractivity (Wildman–Crippen MR) is 111 cm³/mol. The monoisotopic (exact) mass is 391 g/mol. The van der Waals surface area contributed by atoms with Gasteiger partial charge in [-0.1, -0.05) is 5.92 Å². The molecule has 1 spiro atoms. The third kappa shape index (κ3) is 3.52. The molecule has 1 aromatic carbocycles. The van der Waals surface area contributed by atoms with Gasteiger partial charge in [-0.3, -0.25) is 14.4 Å². The summed E-state index contributed by atoms with van der Waals surface area (Å²) in [4.78, 5) is 40.8. The van der Waals surface area contributed by atoms with Crippen LogP contribution in [0.2, 0.25) is 0 Å². The second-order valence-corrected chi connectivity index (χ2v) is 9.21. The van der Waals surface area contributed by atoms with Crippen molar-refractivity contribution in [1.82, 2.24) is 4.90 Å². The lowest BCUT2D eigenvalue weighted by Crippen LogP contribution is -2.54. The Hall–Kier alpha value is -2.41. The van der Waals surface area contributed by atoms with E-state index in [1.54, 1.807) is 6.92 Å². The minimum atomic E-state index is -0.643. The summed E-state index contributed by atoms with van der Waals surface area (Å²) in [6.45, 7) is 6.44. The highest BCUT2D eigenvalue weighted by Gasteiger charge is 2.50. The van der Waals surface area contributed by atoms with Crippen LogP contribution >= 0.6 is 0 Å². The fourth-order valence-electron chi connectivity index (χ4n) is 5.95. The molecular formula is C25H29NO3. The van der Waals surface area contributed by atoms with Gasteiger partial charge >= 0.3 is 0 Å². The van der Waals surface area contributed by atoms with Crippen molar-refractivity contribution >= 4 is 17.5 Å². The summed E-state index contributed by atoms with van der Waals surface area (Å²) in [6, 6.07) is 4.17. The highest BCUT2D eigenvalue weighted by Crippen LogP contribution is 2.49. The summed E-state index contributed by atoms with van der Waals surface area (Å²) >= 11 is 0. The largest absolute Gasteiger partial charge is 0.340 e. The molecule has 4 heteroatoms. The Morgan fingerprint density at radius 3 is 2.34 bits per heavy atom. The van der Waals surface area contributed by atoms with Gasteiger partial charge in [-0.05, 0) is 80.7 Å². The molecule has 0 bridgehead atoms. The minimum absolute atomic E-state index is 0.0531. The quantitative estimate of drug-likeness (QED) is 0.540. The third-order valence-corrected chi connectivity index (χ3v) is 7.13. The molecular weight excluding hydrogens is 362 g/mol. The number of Topliss-reactive ketones (excluding diaryl/α,β-unsaturated/α-hetero) is 2. The van der Waals surface area contributed by atoms with E-state index in [9.17, 15) is 14.4 Å². The first kappa shape index (κ1) is 19.9. The Morgan fingerprint density at radius 1 is 1.07 bits per heavy atom. The van der Waals surface area contributed by atoms with E-state index in [2.05, 4.69) is 11.8 Å². The maximum atomic E-state index is 13.3. The molecule has 3 fully saturated rings. The molecule has 0 N–H and O–H groups in total. The van der Waals surface area contributed by atoms with Crippen LogP contribution in [0.1, 0.15) is 80.0 Å². The summed E-state index contributed by atoms with van der Waals surface area (Å²) in [5.74, 6) is 5.68. The summed E-state index contributed by atoms with van der Waals surface area (Å²) in [7, 11) is 0. The topological polar surface area (TPSA) is 54.5 Å². The maximum Gasteiger partial charge on any atom is 0.222 e. The van der Waals surface area contributed by atoms with Gasteiger partial charge in [0, 0.05) is 37.4 Å². The predicted octanol–water partition coefficient (Wildman–Crippen LogP) is 3.85. The Labute approximate surface area is 173 Å². The van der Waals surface area contributed by atoms with Crippen LogP contribution in [0.4, 0.5) is 0 Å². The number of amides is 1. The molecule has 1 amide bonds. The van der Waals surface area contributed by atoms with Crippen LogP contribution < -0.4 is 0 Å². The number of piperidine rings is 2. The van der Waals surface area contributed by atoms with E-state index in [-0.39, 0.29) is 28.9 Å². The fourth-order valence-corrected chi connectivity index (χ4v) is 5.95. The van der Waals surface area contributed by atoms with Crippen molar-refractivity contribution in [1.29, 1.82) is 0 Å². The number of rotatable bonds is 1. The number of ketones is 2. The van der Waals surface area contributed by atoms with Gasteiger partial charge in [-0.25, -0.2) is 0 Å². The first-order valence-corrected chi connectivity index (χ1v) is 10.7. The lowest BCUT2D eigenvalue weighted by molar-refractivity contribution is -0.145. The molecule has 4 nitrogen and oxygen atoms in total. The van der Waals surface area contributed by atoms with Crippen LogP contribution in [-0.2, 0) is 14.4 Å². The Morgan fingerprint density at radius 2 is 1.72 bits per heavy atom. The summed E-state index contributed by atoms with van der Waals surface area (Å²) < 4.78 is 0. The van der Waals surface area contributed by atoms with E-state index >= 15 is 0 Å². The molecule has 29 heavy (non-hydrogen) atoms. The lowest BCUT2D eigenvalue weighted by atomic mass is 9.61. The van der Waals surface area contributed by atoms with E-state index in [0.717, 1.165) is 47.9 Å². The molecule has 1 aromatic rings. The summed E-state index contributed by atoms with van der Waals surface area (Å²) in [5.41, 5.74) is 3.49. The first-order chi connectivity index (χ1) is 13.8. The Kier molecular flexibility index (Phi) is 5.11. The van der Waals surface area contributed by atoms with Crippen molar-refractivity contribution in [2.75, 3.05) is 6.54 Å². The number of fused-ring (bicyclic) bond motifs is 1. The molecule has 1 unspecified atom stereocenters. The number of aryl methyl sites for hydroxylation is 2. The van der Waals surface area contributed by atoms with Crippen LogP contribution in [0.15, 0.2) is 12.1 Å². The average Bonchev–Trinajstić information content (AvgIpc) is 2.63. The van der Waals surface area contributed by atoms with Crippen molar-refractivity contribution in [2.45, 2.75) is 77.7 Å². The van der Waals surface area contributed by atoms with Crippen molar-refractivity contribution in [3.8, 4) is 11.8 Å². The van der Waals surface area contributed by atoms with Crippen LogP contribution in [0.5, 0.6) is 0 Å². The highest BCUT2D eigenvalue weighted by atomic mass is 16.2. The third-order valence-electron chi connectivity index (χ3n) is 7.13. The van der Waals surface area contributed by atoms with Gasteiger partial charge in [-0.2, -0.15) is 0 Å². The fraction of sp³-hybridized carbons (Fsp3) is 0.560. The number of carbonyl (C=O) groups excluding carboxylic acids is 3. The molecule has 0 aromatic heterocycles. The SMILES string of the molecule is CC#Cc1cc(C)c(C2C(=O)CC3(CCN4C(=O)CCCC4C3)CC2=O)c(C)c1. The zero-order chi connectivity index (χ0) is 20.8. The molecule has 1 aliphatic carbocycles. The number of nitrogens with zero attached hydrogens (tertiary/aromatic N) is 1. The number of carbonyl (C=O) groups is 3. The van der Waals surface area contributed by atoms with Crippen molar-refractivity contribution in [3.05, 3.63) is 34.4 Å². The molecule has 4 rings (SSSR count). The van der Waals surface area contributed by atoms with Crippen molar-refractivity contribution in [2.24, 2.45) is 5.41 Å². The Balaban J connectivity index is 1.59. The zero-order valence-corrected chi connectivity index (χ0v) is 17.6. The molecule has 1 atom stereocenters. The number of hydrogen-bond acceptors (Lipinski definition) is 3. The molecule has 152 valence electrons. The smallest absolute Gasteiger partial charge is 0.222 e. The first-order valence-electron chi connectivity index (χ1n) is 10.7. The normalized spacial score (nSPS) is 29.5. The van der Waals surface area contributed by atoms with E-state index in [0.29, 0.717) is 25.8 Å². The van der Waals surface area contributed by atoms with Gasteiger partial charge in [0.05, 0.1) is 0 Å². The minimum Gasteiger partial charge on any atom is -0.340 e. The molecule has 2 saturated heterocycles. The van der Waals surface area contributed by atoms with E-state index < -0.39 is 5.92 Å². The van der Waals surface area contributed by atoms with Crippen molar-refractivity contribution in [3.63, 3.8) is 0 Å². The van der Waals surface area contributed by atoms with Crippen LogP contribution in [-0.4, -0.2) is 35.0 Å². The molecule has 0 radical (unpaired) electrons. The van der Waals surface area contributed by atoms with Gasteiger partial charge in [0.15, 0.2) is 0 Å². The highest BCUT2D eigenvalue weighted by molar-refractivity contribution is 6.10. The Bertz CT molecular complexity index is 908. The number of benzene rings is 1. The molecule has 1 saturated carbocycles. The molecule has 3 aliphatic rings. The number of hydrogen-bond donors (Lipinski definition) is 0. The van der Waals surface area contributed by atoms with Gasteiger partial charge < -0.3 is 4.90 Å². The van der Waals surface area contributed by atoms with E-state index in [1.165, 1.54) is 0 Å². The summed E-state index contributed by atoms with van der Waals surface area (Å²) in [6.07, 6.45) is 5.03.